The highest BCUT2D eigenvalue weighted by molar-refractivity contribution is 9.10. The van der Waals surface area contributed by atoms with Crippen molar-refractivity contribution in [2.75, 3.05) is 0 Å². The molecule has 2 N–H and O–H groups in total. The zero-order chi connectivity index (χ0) is 7.84. The van der Waals surface area contributed by atoms with Gasteiger partial charge in [0.1, 0.15) is 0 Å². The number of nitrogens with one attached hydrogen (secondary N) is 1. The molecule has 0 unspecified atom stereocenters. The molecule has 0 bridgehead atoms. The number of halogens is 1. The van der Waals surface area contributed by atoms with Gasteiger partial charge in [-0.1, -0.05) is 22.0 Å². The average Bonchev–Trinajstić information content (AvgIpc) is 2.31. The van der Waals surface area contributed by atoms with Crippen LogP contribution in [0, 0.1) is 0 Å². The predicted molar refractivity (Wildman–Crippen MR) is 47.7 cm³/mol. The smallest absolute Gasteiger partial charge is 0.189 e. The third kappa shape index (κ3) is 1.01. The van der Waals surface area contributed by atoms with Crippen molar-refractivity contribution in [3.05, 3.63) is 28.7 Å². The van der Waals surface area contributed by atoms with Gasteiger partial charge in [-0.25, -0.2) is 0 Å². The molecule has 1 aromatic heterocycles. The quantitative estimate of drug-likeness (QED) is 0.691. The Hall–Kier alpha value is -0.960. The largest absolute Gasteiger partial charge is 0.495 e. The highest BCUT2D eigenvalue weighted by Gasteiger charge is 2.00. The van der Waals surface area contributed by atoms with Crippen molar-refractivity contribution in [1.29, 1.82) is 0 Å². The zero-order valence-corrected chi connectivity index (χ0v) is 7.22. The minimum atomic E-state index is 0.201. The lowest BCUT2D eigenvalue weighted by Gasteiger charge is -1.89. The maximum Gasteiger partial charge on any atom is 0.189 e. The topological polar surface area (TPSA) is 36.0 Å². The SMILES string of the molecule is Oc1cc2c(Br)cccc2[nH]1. The van der Waals surface area contributed by atoms with Crippen LogP contribution in [0.1, 0.15) is 0 Å². The van der Waals surface area contributed by atoms with Crippen LogP contribution in [-0.2, 0) is 0 Å². The minimum absolute atomic E-state index is 0.201. The van der Waals surface area contributed by atoms with E-state index in [9.17, 15) is 0 Å². The Morgan fingerprint density at radius 1 is 1.36 bits per heavy atom. The summed E-state index contributed by atoms with van der Waals surface area (Å²) in [5.41, 5.74) is 0.942. The Labute approximate surface area is 72.0 Å². The molecule has 0 aliphatic carbocycles. The van der Waals surface area contributed by atoms with Gasteiger partial charge in [0, 0.05) is 21.4 Å². The maximum atomic E-state index is 9.10. The lowest BCUT2D eigenvalue weighted by Crippen LogP contribution is -1.66. The monoisotopic (exact) mass is 211 g/mol. The van der Waals surface area contributed by atoms with Gasteiger partial charge in [-0.2, -0.15) is 0 Å². The molecule has 0 spiro atoms. The standard InChI is InChI=1S/C8H6BrNO/c9-6-2-1-3-7-5(6)4-8(11)10-7/h1-4,10-11H. The first-order chi connectivity index (χ1) is 5.27. The molecule has 0 fully saturated rings. The fourth-order valence-electron chi connectivity index (χ4n) is 1.10. The highest BCUT2D eigenvalue weighted by Crippen LogP contribution is 2.26. The second-order valence-corrected chi connectivity index (χ2v) is 3.21. The number of aromatic nitrogens is 1. The molecule has 56 valence electrons. The predicted octanol–water partition coefficient (Wildman–Crippen LogP) is 2.64. The van der Waals surface area contributed by atoms with E-state index in [0.717, 1.165) is 15.4 Å². The number of aromatic amines is 1. The molecule has 0 atom stereocenters. The molecule has 1 heterocycles. The summed E-state index contributed by atoms with van der Waals surface area (Å²) in [4.78, 5) is 2.82. The van der Waals surface area contributed by atoms with Gasteiger partial charge in [-0.15, -0.1) is 0 Å². The Bertz CT molecular complexity index is 394. The van der Waals surface area contributed by atoms with Crippen molar-refractivity contribution in [2.24, 2.45) is 0 Å². The van der Waals surface area contributed by atoms with Crippen molar-refractivity contribution in [2.45, 2.75) is 0 Å². The summed E-state index contributed by atoms with van der Waals surface area (Å²) >= 11 is 3.38. The number of hydrogen-bond acceptors (Lipinski definition) is 1. The van der Waals surface area contributed by atoms with Crippen molar-refractivity contribution >= 4 is 26.8 Å². The fraction of sp³-hybridized carbons (Fsp3) is 0. The third-order valence-corrected chi connectivity index (χ3v) is 2.29. The number of fused-ring (bicyclic) bond motifs is 1. The Morgan fingerprint density at radius 2 is 2.18 bits per heavy atom. The van der Waals surface area contributed by atoms with E-state index in [4.69, 9.17) is 5.11 Å². The third-order valence-electron chi connectivity index (χ3n) is 1.60. The lowest BCUT2D eigenvalue weighted by atomic mass is 10.2. The van der Waals surface area contributed by atoms with Crippen molar-refractivity contribution < 1.29 is 5.11 Å². The van der Waals surface area contributed by atoms with Crippen molar-refractivity contribution in [1.82, 2.24) is 4.98 Å². The summed E-state index contributed by atoms with van der Waals surface area (Å²) in [6, 6.07) is 7.47. The molecule has 2 nitrogen and oxygen atoms in total. The van der Waals surface area contributed by atoms with Gasteiger partial charge in [0.25, 0.3) is 0 Å². The van der Waals surface area contributed by atoms with Gasteiger partial charge in [0.2, 0.25) is 0 Å². The Balaban J connectivity index is 2.90. The summed E-state index contributed by atoms with van der Waals surface area (Å²) in [6.07, 6.45) is 0. The van der Waals surface area contributed by atoms with Gasteiger partial charge < -0.3 is 10.1 Å². The number of aromatic hydroxyl groups is 1. The fourth-order valence-corrected chi connectivity index (χ4v) is 1.58. The molecule has 0 saturated heterocycles. The molecule has 2 rings (SSSR count). The van der Waals surface area contributed by atoms with Crippen molar-refractivity contribution in [3.8, 4) is 5.88 Å². The summed E-state index contributed by atoms with van der Waals surface area (Å²) in [6.45, 7) is 0. The first-order valence-electron chi connectivity index (χ1n) is 3.23. The molecule has 0 aliphatic heterocycles. The average molecular weight is 212 g/mol. The molecule has 1 aromatic carbocycles. The first-order valence-corrected chi connectivity index (χ1v) is 4.03. The summed E-state index contributed by atoms with van der Waals surface area (Å²) in [5.74, 6) is 0.201. The molecule has 0 amide bonds. The van der Waals surface area contributed by atoms with E-state index in [1.165, 1.54) is 0 Å². The van der Waals surface area contributed by atoms with Crippen LogP contribution in [0.4, 0.5) is 0 Å². The van der Waals surface area contributed by atoms with Crippen LogP contribution >= 0.6 is 15.9 Å². The van der Waals surface area contributed by atoms with E-state index >= 15 is 0 Å². The molecule has 11 heavy (non-hydrogen) atoms. The minimum Gasteiger partial charge on any atom is -0.495 e. The van der Waals surface area contributed by atoms with E-state index in [-0.39, 0.29) is 5.88 Å². The van der Waals surface area contributed by atoms with E-state index in [1.54, 1.807) is 6.07 Å². The number of hydrogen-bond donors (Lipinski definition) is 2. The molecular weight excluding hydrogens is 206 g/mol. The van der Waals surface area contributed by atoms with Crippen LogP contribution in [-0.4, -0.2) is 10.1 Å². The van der Waals surface area contributed by atoms with Crippen LogP contribution in [0.3, 0.4) is 0 Å². The molecule has 0 saturated carbocycles. The van der Waals surface area contributed by atoms with Gasteiger partial charge in [0.05, 0.1) is 0 Å². The molecule has 3 heteroatoms. The van der Waals surface area contributed by atoms with Crippen LogP contribution in [0.25, 0.3) is 10.9 Å². The summed E-state index contributed by atoms with van der Waals surface area (Å²) in [5, 5.41) is 10.1. The van der Waals surface area contributed by atoms with Gasteiger partial charge in [-0.3, -0.25) is 0 Å². The second-order valence-electron chi connectivity index (χ2n) is 2.36. The van der Waals surface area contributed by atoms with E-state index in [0.29, 0.717) is 0 Å². The van der Waals surface area contributed by atoms with Gasteiger partial charge >= 0.3 is 0 Å². The number of benzene rings is 1. The van der Waals surface area contributed by atoms with Crippen LogP contribution in [0.15, 0.2) is 28.7 Å². The summed E-state index contributed by atoms with van der Waals surface area (Å²) in [7, 11) is 0. The number of rotatable bonds is 0. The molecular formula is C8H6BrNO. The lowest BCUT2D eigenvalue weighted by molar-refractivity contribution is 0.458. The molecule has 0 aliphatic rings. The van der Waals surface area contributed by atoms with Crippen LogP contribution < -0.4 is 0 Å². The van der Waals surface area contributed by atoms with E-state index in [2.05, 4.69) is 20.9 Å². The molecule has 0 radical (unpaired) electrons. The Kier molecular flexibility index (Phi) is 1.39. The normalized spacial score (nSPS) is 10.6. The Morgan fingerprint density at radius 3 is 2.91 bits per heavy atom. The van der Waals surface area contributed by atoms with Crippen molar-refractivity contribution in [3.63, 3.8) is 0 Å². The maximum absolute atomic E-state index is 9.10. The molecule has 2 aromatic rings. The highest BCUT2D eigenvalue weighted by atomic mass is 79.9. The van der Waals surface area contributed by atoms with Crippen LogP contribution in [0.2, 0.25) is 0 Å². The van der Waals surface area contributed by atoms with Gasteiger partial charge in [0.15, 0.2) is 5.88 Å². The number of H-pyrrole nitrogens is 1. The van der Waals surface area contributed by atoms with E-state index in [1.807, 2.05) is 18.2 Å². The first kappa shape index (κ1) is 6.73. The summed E-state index contributed by atoms with van der Waals surface area (Å²) < 4.78 is 0.992. The van der Waals surface area contributed by atoms with E-state index < -0.39 is 0 Å². The zero-order valence-electron chi connectivity index (χ0n) is 5.63. The van der Waals surface area contributed by atoms with Crippen LogP contribution in [0.5, 0.6) is 5.88 Å². The second kappa shape index (κ2) is 2.27. The van der Waals surface area contributed by atoms with Gasteiger partial charge in [-0.05, 0) is 12.1 Å².